The number of phenols is 4. The number of carbonyl (C=O) groups excluding carboxylic acids is 1. The number of rotatable bonds is 13. The highest BCUT2D eigenvalue weighted by Gasteiger charge is 2.54. The van der Waals surface area contributed by atoms with Crippen LogP contribution >= 0.6 is 0 Å². The Bertz CT molecular complexity index is 2700. The molecule has 20 unspecified atom stereocenters. The number of fused-ring (bicyclic) bond motifs is 1. The van der Waals surface area contributed by atoms with Crippen LogP contribution in [0.3, 0.4) is 0 Å². The summed E-state index contributed by atoms with van der Waals surface area (Å²) in [5.41, 5.74) is -1.49. The molecule has 8 rings (SSSR count). The number of carbonyl (C=O) groups is 1. The Kier molecular flexibility index (Phi) is 16.4. The first kappa shape index (κ1) is 54.5. The van der Waals surface area contributed by atoms with E-state index in [9.17, 15) is 81.1 Å². The average molecular weight is 1050 g/mol. The molecule has 20 atom stereocenters. The van der Waals surface area contributed by atoms with Crippen LogP contribution in [0.25, 0.3) is 28.4 Å². The molecule has 404 valence electrons. The van der Waals surface area contributed by atoms with Crippen molar-refractivity contribution in [3.8, 4) is 45.8 Å². The largest absolute Gasteiger partial charge is 0.508 e. The first-order valence-electron chi connectivity index (χ1n) is 23.1. The third-order valence-electron chi connectivity index (χ3n) is 12.9. The zero-order valence-electron chi connectivity index (χ0n) is 39.3. The summed E-state index contributed by atoms with van der Waals surface area (Å²) in [7, 11) is 0. The van der Waals surface area contributed by atoms with Gasteiger partial charge in [-0.05, 0) is 62.7 Å². The molecule has 4 fully saturated rings. The molecule has 0 spiro atoms. The van der Waals surface area contributed by atoms with Crippen molar-refractivity contribution < 1.29 is 123 Å². The summed E-state index contributed by atoms with van der Waals surface area (Å²) in [5.74, 6) is -5.27. The molecule has 0 aliphatic carbocycles. The third-order valence-corrected chi connectivity index (χ3v) is 12.9. The minimum atomic E-state index is -2.20. The number of aromatic hydroxyl groups is 4. The number of aliphatic hydroxyl groups excluding tert-OH is 10. The van der Waals surface area contributed by atoms with E-state index in [1.807, 2.05) is 0 Å². The van der Waals surface area contributed by atoms with Crippen molar-refractivity contribution in [2.45, 2.75) is 144 Å². The first-order chi connectivity index (χ1) is 35.0. The van der Waals surface area contributed by atoms with Crippen molar-refractivity contribution >= 4 is 23.0 Å². The second-order valence-electron chi connectivity index (χ2n) is 18.2. The standard InChI is InChI=1S/C48H56O26/c1-16-30(54)35(59)38(62)45(66-16)65-15-27-33(57)42(72-28(53)11-6-19-4-8-21(49)9-5-19)44(74-47-40(64)37(61)32(56)18(3)68-47)48(71-27)73-43-34(58)29-25(52)13-22(69-46-39(63)36(60)31(55)17(2)67-46)14-26(29)70-41(43)20-7-10-23(50)24(51)12-20/h4-14,16-18,27,30-33,35-40,42,44-52,54-57,59-64H,15H2,1-3H3. The topological polar surface area (TPSA) is 414 Å². The lowest BCUT2D eigenvalue weighted by Gasteiger charge is -2.47. The van der Waals surface area contributed by atoms with Gasteiger partial charge in [0.05, 0.1) is 24.9 Å². The molecule has 4 aliphatic rings. The van der Waals surface area contributed by atoms with Gasteiger partial charge in [0.1, 0.15) is 95.4 Å². The van der Waals surface area contributed by atoms with E-state index >= 15 is 0 Å². The quantitative estimate of drug-likeness (QED) is 0.0378. The van der Waals surface area contributed by atoms with Crippen molar-refractivity contribution in [1.29, 1.82) is 0 Å². The van der Waals surface area contributed by atoms with Crippen LogP contribution in [0, 0.1) is 0 Å². The smallest absolute Gasteiger partial charge is 0.331 e. The molecule has 1 aromatic heterocycles. The van der Waals surface area contributed by atoms with Gasteiger partial charge in [0, 0.05) is 23.8 Å². The van der Waals surface area contributed by atoms with Gasteiger partial charge in [-0.25, -0.2) is 4.79 Å². The van der Waals surface area contributed by atoms with Crippen molar-refractivity contribution in [2.75, 3.05) is 6.61 Å². The maximum Gasteiger partial charge on any atom is 0.331 e. The average Bonchev–Trinajstić information content (AvgIpc) is 3.36. The van der Waals surface area contributed by atoms with Crippen molar-refractivity contribution in [1.82, 2.24) is 0 Å². The Morgan fingerprint density at radius 2 is 1.16 bits per heavy atom. The SMILES string of the molecule is CC1OC(OCC2OC(Oc3c(-c4ccc(O)c(O)c4)oc4cc(OC5OC(C)C(O)C(O)C5O)cc(O)c4c3=O)C(OC3OC(C)C(O)C(O)C3O)C(OC(=O)C=Cc3ccc(O)cc3)C2O)C(O)C(O)C1O. The normalized spacial score (nSPS) is 36.7. The Morgan fingerprint density at radius 3 is 1.78 bits per heavy atom. The van der Waals surface area contributed by atoms with Crippen LogP contribution in [0.5, 0.6) is 34.5 Å². The summed E-state index contributed by atoms with van der Waals surface area (Å²) in [6.07, 6.45) is -32.5. The van der Waals surface area contributed by atoms with Crippen LogP contribution < -0.4 is 14.9 Å². The van der Waals surface area contributed by atoms with Crippen molar-refractivity contribution in [2.24, 2.45) is 0 Å². The molecule has 74 heavy (non-hydrogen) atoms. The fourth-order valence-electron chi connectivity index (χ4n) is 8.60. The molecular formula is C48H56O26. The zero-order chi connectivity index (χ0) is 53.6. The molecule has 26 nitrogen and oxygen atoms in total. The molecule has 4 aliphatic heterocycles. The lowest BCUT2D eigenvalue weighted by molar-refractivity contribution is -0.360. The molecule has 14 N–H and O–H groups in total. The van der Waals surface area contributed by atoms with Gasteiger partial charge in [0.15, 0.2) is 42.0 Å². The van der Waals surface area contributed by atoms with Gasteiger partial charge in [0.2, 0.25) is 23.8 Å². The van der Waals surface area contributed by atoms with E-state index in [4.69, 9.17) is 47.0 Å². The van der Waals surface area contributed by atoms with Crippen molar-refractivity contribution in [3.05, 3.63) is 76.5 Å². The number of phenolic OH excluding ortho intramolecular Hbond substituents is 4. The molecule has 0 radical (unpaired) electrons. The maximum absolute atomic E-state index is 14.9. The highest BCUT2D eigenvalue weighted by atomic mass is 16.8. The highest BCUT2D eigenvalue weighted by Crippen LogP contribution is 2.41. The van der Waals surface area contributed by atoms with E-state index < -0.39 is 181 Å². The summed E-state index contributed by atoms with van der Waals surface area (Å²) in [6, 6.07) is 10.6. The summed E-state index contributed by atoms with van der Waals surface area (Å²) >= 11 is 0. The highest BCUT2D eigenvalue weighted by molar-refractivity contribution is 5.89. The predicted octanol–water partition coefficient (Wildman–Crippen LogP) is -2.36. The monoisotopic (exact) mass is 1050 g/mol. The van der Waals surface area contributed by atoms with Gasteiger partial charge < -0.3 is 119 Å². The summed E-state index contributed by atoms with van der Waals surface area (Å²) in [5, 5.41) is 149. The molecule has 5 heterocycles. The number of benzene rings is 3. The number of hydrogen-bond donors (Lipinski definition) is 14. The molecule has 0 bridgehead atoms. The molecule has 0 amide bonds. The van der Waals surface area contributed by atoms with Gasteiger partial charge in [-0.1, -0.05) is 12.1 Å². The Labute approximate surface area is 418 Å². The molecule has 4 aromatic rings. The zero-order valence-corrected chi connectivity index (χ0v) is 39.3. The fourth-order valence-corrected chi connectivity index (χ4v) is 8.60. The second-order valence-corrected chi connectivity index (χ2v) is 18.2. The van der Waals surface area contributed by atoms with Crippen LogP contribution in [-0.4, -0.2) is 207 Å². The Morgan fingerprint density at radius 1 is 0.581 bits per heavy atom. The van der Waals surface area contributed by atoms with E-state index in [1.165, 1.54) is 51.1 Å². The second kappa shape index (κ2) is 22.2. The summed E-state index contributed by atoms with van der Waals surface area (Å²) < 4.78 is 58.9. The van der Waals surface area contributed by atoms with Crippen molar-refractivity contribution in [3.63, 3.8) is 0 Å². The lowest BCUT2D eigenvalue weighted by Crippen LogP contribution is -2.66. The summed E-state index contributed by atoms with van der Waals surface area (Å²) in [6.45, 7) is 3.25. The Hall–Kier alpha value is -5.76. The van der Waals surface area contributed by atoms with E-state index in [-0.39, 0.29) is 17.1 Å². The fraction of sp³-hybridized carbons (Fsp3) is 0.500. The van der Waals surface area contributed by atoms with Crippen LogP contribution in [0.15, 0.2) is 69.9 Å². The van der Waals surface area contributed by atoms with Crippen LogP contribution in [0.4, 0.5) is 0 Å². The van der Waals surface area contributed by atoms with Gasteiger partial charge in [-0.15, -0.1) is 0 Å². The minimum Gasteiger partial charge on any atom is -0.508 e. The number of aliphatic hydroxyl groups is 10. The number of hydrogen-bond acceptors (Lipinski definition) is 26. The van der Waals surface area contributed by atoms with Crippen LogP contribution in [0.2, 0.25) is 0 Å². The van der Waals surface area contributed by atoms with Gasteiger partial charge >= 0.3 is 5.97 Å². The Balaban J connectivity index is 1.23. The minimum absolute atomic E-state index is 0.0801. The van der Waals surface area contributed by atoms with Crippen LogP contribution in [0.1, 0.15) is 26.3 Å². The molecular weight excluding hydrogens is 993 g/mol. The van der Waals surface area contributed by atoms with E-state index in [0.29, 0.717) is 5.56 Å². The predicted molar refractivity (Wildman–Crippen MR) is 244 cm³/mol. The summed E-state index contributed by atoms with van der Waals surface area (Å²) in [4.78, 5) is 28.6. The molecule has 3 aromatic carbocycles. The van der Waals surface area contributed by atoms with E-state index in [2.05, 4.69) is 0 Å². The van der Waals surface area contributed by atoms with Gasteiger partial charge in [-0.3, -0.25) is 4.79 Å². The van der Waals surface area contributed by atoms with E-state index in [0.717, 1.165) is 36.4 Å². The molecule has 26 heteroatoms. The lowest BCUT2D eigenvalue weighted by atomic mass is 9.97. The first-order valence-corrected chi connectivity index (χ1v) is 23.1. The molecule has 4 saturated heterocycles. The van der Waals surface area contributed by atoms with Crippen LogP contribution in [-0.2, 0) is 38.0 Å². The molecule has 0 saturated carbocycles. The van der Waals surface area contributed by atoms with Gasteiger partial charge in [-0.2, -0.15) is 0 Å². The maximum atomic E-state index is 14.9. The number of ether oxygens (including phenoxy) is 9. The van der Waals surface area contributed by atoms with E-state index in [1.54, 1.807) is 0 Å². The number of esters is 1. The van der Waals surface area contributed by atoms with Gasteiger partial charge in [0.25, 0.3) is 0 Å². The third kappa shape index (κ3) is 11.1.